The van der Waals surface area contributed by atoms with Crippen LogP contribution in [0.5, 0.6) is 0 Å². The van der Waals surface area contributed by atoms with Crippen molar-refractivity contribution in [1.29, 1.82) is 0 Å². The Morgan fingerprint density at radius 3 is 2.56 bits per heavy atom. The van der Waals surface area contributed by atoms with Crippen molar-refractivity contribution in [3.05, 3.63) is 56.7 Å². The molecule has 0 aliphatic heterocycles. The van der Waals surface area contributed by atoms with Crippen molar-refractivity contribution in [1.82, 2.24) is 19.7 Å². The summed E-state index contributed by atoms with van der Waals surface area (Å²) in [6.45, 7) is 6.41. The van der Waals surface area contributed by atoms with Gasteiger partial charge in [0, 0.05) is 39.6 Å². The lowest BCUT2D eigenvalue weighted by Gasteiger charge is -2.03. The van der Waals surface area contributed by atoms with Crippen LogP contribution in [0.2, 0.25) is 0 Å². The molecular formula is C20H20N4S3. The fraction of sp³-hybridized carbons (Fsp3) is 0.250. The summed E-state index contributed by atoms with van der Waals surface area (Å²) < 4.78 is 2.08. The molecule has 0 saturated carbocycles. The van der Waals surface area contributed by atoms with E-state index in [1.165, 1.54) is 27.1 Å². The third-order valence-corrected chi connectivity index (χ3v) is 7.63. The van der Waals surface area contributed by atoms with E-state index < -0.39 is 0 Å². The summed E-state index contributed by atoms with van der Waals surface area (Å²) in [7, 11) is 2.03. The maximum atomic E-state index is 4.81. The summed E-state index contributed by atoms with van der Waals surface area (Å²) in [4.78, 5) is 6.14. The largest absolute Gasteiger partial charge is 0.305 e. The first-order valence-corrected chi connectivity index (χ1v) is 11.4. The van der Waals surface area contributed by atoms with E-state index in [9.17, 15) is 0 Å². The van der Waals surface area contributed by atoms with Crippen LogP contribution in [0, 0.1) is 20.8 Å². The Kier molecular flexibility index (Phi) is 5.16. The van der Waals surface area contributed by atoms with Crippen molar-refractivity contribution in [2.45, 2.75) is 31.7 Å². The van der Waals surface area contributed by atoms with Crippen LogP contribution in [0.4, 0.5) is 0 Å². The first-order valence-electron chi connectivity index (χ1n) is 8.62. The molecule has 0 amide bonds. The quantitative estimate of drug-likeness (QED) is 0.384. The van der Waals surface area contributed by atoms with Gasteiger partial charge in [0.05, 0.1) is 5.69 Å². The number of rotatable bonds is 5. The molecule has 0 N–H and O–H groups in total. The normalized spacial score (nSPS) is 11.3. The molecule has 4 aromatic rings. The van der Waals surface area contributed by atoms with E-state index in [1.54, 1.807) is 34.4 Å². The van der Waals surface area contributed by atoms with Crippen LogP contribution in [-0.2, 0) is 12.8 Å². The summed E-state index contributed by atoms with van der Waals surface area (Å²) in [5.41, 5.74) is 6.01. The number of thiophene rings is 1. The fourth-order valence-electron chi connectivity index (χ4n) is 2.86. The van der Waals surface area contributed by atoms with Gasteiger partial charge in [0.25, 0.3) is 0 Å². The smallest absolute Gasteiger partial charge is 0.191 e. The summed E-state index contributed by atoms with van der Waals surface area (Å²) >= 11 is 5.13. The van der Waals surface area contributed by atoms with Crippen LogP contribution in [0.3, 0.4) is 0 Å². The highest BCUT2D eigenvalue weighted by Crippen LogP contribution is 2.32. The molecule has 0 unspecified atom stereocenters. The predicted molar refractivity (Wildman–Crippen MR) is 116 cm³/mol. The number of benzene rings is 1. The molecule has 0 atom stereocenters. The SMILES string of the molecule is Cc1ccccc1-c1nc(CSc2nnc(-c3csc(C)c3C)n2C)cs1. The fourth-order valence-corrected chi connectivity index (χ4v) is 5.54. The molecule has 0 aliphatic carbocycles. The minimum absolute atomic E-state index is 0.788. The van der Waals surface area contributed by atoms with Crippen molar-refractivity contribution >= 4 is 34.4 Å². The zero-order valence-corrected chi connectivity index (χ0v) is 18.1. The van der Waals surface area contributed by atoms with Gasteiger partial charge in [0.2, 0.25) is 0 Å². The summed E-state index contributed by atoms with van der Waals surface area (Å²) in [6, 6.07) is 8.38. The number of thioether (sulfide) groups is 1. The van der Waals surface area contributed by atoms with Gasteiger partial charge in [0.15, 0.2) is 11.0 Å². The van der Waals surface area contributed by atoms with E-state index in [0.717, 1.165) is 27.4 Å². The van der Waals surface area contributed by atoms with Gasteiger partial charge >= 0.3 is 0 Å². The Morgan fingerprint density at radius 1 is 1.00 bits per heavy atom. The highest BCUT2D eigenvalue weighted by molar-refractivity contribution is 7.98. The molecular weight excluding hydrogens is 392 g/mol. The number of nitrogens with zero attached hydrogens (tertiary/aromatic N) is 4. The Labute approximate surface area is 171 Å². The average Bonchev–Trinajstić information content (AvgIpc) is 3.35. The average molecular weight is 413 g/mol. The zero-order valence-electron chi connectivity index (χ0n) is 15.7. The molecule has 0 aliphatic rings. The molecule has 3 aromatic heterocycles. The van der Waals surface area contributed by atoms with E-state index in [1.807, 2.05) is 7.05 Å². The Bertz CT molecular complexity index is 1090. The van der Waals surface area contributed by atoms with Crippen LogP contribution >= 0.6 is 34.4 Å². The van der Waals surface area contributed by atoms with E-state index in [2.05, 4.69) is 70.6 Å². The maximum Gasteiger partial charge on any atom is 0.191 e. The standard InChI is InChI=1S/C20H20N4S3/c1-12-7-5-6-8-16(12)19-21-15(9-26-19)10-27-20-23-22-18(24(20)4)17-11-25-14(3)13(17)2/h5-9,11H,10H2,1-4H3. The number of thiazole rings is 1. The summed E-state index contributed by atoms with van der Waals surface area (Å²) in [5, 5.41) is 15.1. The number of hydrogen-bond donors (Lipinski definition) is 0. The third-order valence-electron chi connectivity index (χ3n) is 4.64. The Hall–Kier alpha value is -1.96. The van der Waals surface area contributed by atoms with Gasteiger partial charge in [-0.1, -0.05) is 36.0 Å². The lowest BCUT2D eigenvalue weighted by Crippen LogP contribution is -1.95. The van der Waals surface area contributed by atoms with E-state index in [0.29, 0.717) is 0 Å². The van der Waals surface area contributed by atoms with Crippen molar-refractivity contribution in [3.63, 3.8) is 0 Å². The highest BCUT2D eigenvalue weighted by atomic mass is 32.2. The third kappa shape index (κ3) is 3.59. The van der Waals surface area contributed by atoms with E-state index in [4.69, 9.17) is 4.98 Å². The first-order chi connectivity index (χ1) is 13.0. The van der Waals surface area contributed by atoms with Gasteiger partial charge in [-0.05, 0) is 31.9 Å². The van der Waals surface area contributed by atoms with Gasteiger partial charge in [0.1, 0.15) is 5.01 Å². The summed E-state index contributed by atoms with van der Waals surface area (Å²) in [5.74, 6) is 1.72. The maximum absolute atomic E-state index is 4.81. The van der Waals surface area contributed by atoms with Crippen molar-refractivity contribution in [3.8, 4) is 22.0 Å². The molecule has 0 spiro atoms. The lowest BCUT2D eigenvalue weighted by atomic mass is 10.1. The Balaban J connectivity index is 1.50. The Morgan fingerprint density at radius 2 is 1.81 bits per heavy atom. The van der Waals surface area contributed by atoms with Crippen LogP contribution in [0.1, 0.15) is 21.7 Å². The lowest BCUT2D eigenvalue weighted by molar-refractivity contribution is 0.793. The molecule has 0 radical (unpaired) electrons. The monoisotopic (exact) mass is 412 g/mol. The molecule has 0 saturated heterocycles. The van der Waals surface area contributed by atoms with Crippen LogP contribution in [0.25, 0.3) is 22.0 Å². The minimum Gasteiger partial charge on any atom is -0.305 e. The van der Waals surface area contributed by atoms with Gasteiger partial charge in [-0.3, -0.25) is 0 Å². The molecule has 1 aromatic carbocycles. The van der Waals surface area contributed by atoms with Gasteiger partial charge in [-0.2, -0.15) is 0 Å². The second-order valence-corrected chi connectivity index (χ2v) is 9.33. The molecule has 7 heteroatoms. The van der Waals surface area contributed by atoms with Crippen LogP contribution in [0.15, 0.2) is 40.2 Å². The van der Waals surface area contributed by atoms with Crippen LogP contribution < -0.4 is 0 Å². The molecule has 4 nitrogen and oxygen atoms in total. The van der Waals surface area contributed by atoms with Crippen molar-refractivity contribution in [2.75, 3.05) is 0 Å². The molecule has 3 heterocycles. The van der Waals surface area contributed by atoms with Crippen LogP contribution in [-0.4, -0.2) is 19.7 Å². The summed E-state index contributed by atoms with van der Waals surface area (Å²) in [6.07, 6.45) is 0. The molecule has 4 rings (SSSR count). The number of hydrogen-bond acceptors (Lipinski definition) is 6. The molecule has 27 heavy (non-hydrogen) atoms. The zero-order chi connectivity index (χ0) is 19.0. The highest BCUT2D eigenvalue weighted by Gasteiger charge is 2.16. The second-order valence-electron chi connectivity index (χ2n) is 6.44. The predicted octanol–water partition coefficient (Wildman–Crippen LogP) is 5.88. The van der Waals surface area contributed by atoms with Crippen molar-refractivity contribution in [2.24, 2.45) is 7.05 Å². The molecule has 0 fully saturated rings. The number of aromatic nitrogens is 4. The minimum atomic E-state index is 0.788. The van der Waals surface area contributed by atoms with Gasteiger partial charge < -0.3 is 4.57 Å². The van der Waals surface area contributed by atoms with Gasteiger partial charge in [-0.15, -0.1) is 32.9 Å². The van der Waals surface area contributed by atoms with E-state index >= 15 is 0 Å². The first kappa shape index (κ1) is 18.4. The molecule has 138 valence electrons. The number of aryl methyl sites for hydroxylation is 2. The van der Waals surface area contributed by atoms with Gasteiger partial charge in [-0.25, -0.2) is 4.98 Å². The second kappa shape index (κ2) is 7.58. The topological polar surface area (TPSA) is 43.6 Å². The van der Waals surface area contributed by atoms with E-state index in [-0.39, 0.29) is 0 Å². The van der Waals surface area contributed by atoms with Crippen molar-refractivity contribution < 1.29 is 0 Å². The molecule has 0 bridgehead atoms.